The van der Waals surface area contributed by atoms with Crippen LogP contribution in [-0.4, -0.2) is 16.3 Å². The molecule has 2 atom stereocenters. The van der Waals surface area contributed by atoms with Crippen molar-refractivity contribution < 1.29 is 0 Å². The molecule has 0 spiro atoms. The summed E-state index contributed by atoms with van der Waals surface area (Å²) in [4.78, 5) is 0. The number of nitrogens with one attached hydrogen (secondary N) is 1. The van der Waals surface area contributed by atoms with Crippen molar-refractivity contribution in [1.29, 1.82) is 0 Å². The summed E-state index contributed by atoms with van der Waals surface area (Å²) in [6.45, 7) is 1.18. The number of aromatic nitrogens is 2. The monoisotopic (exact) mass is 177 g/mol. The van der Waals surface area contributed by atoms with Crippen LogP contribution < -0.4 is 5.32 Å². The molecular weight excluding hydrogens is 162 g/mol. The molecule has 0 saturated carbocycles. The Balaban J connectivity index is 2.06. The highest BCUT2D eigenvalue weighted by Gasteiger charge is 2.34. The fourth-order valence-electron chi connectivity index (χ4n) is 2.80. The molecule has 0 bridgehead atoms. The minimum Gasteiger partial charge on any atom is -0.310 e. The third-order valence-electron chi connectivity index (χ3n) is 3.53. The lowest BCUT2D eigenvalue weighted by Gasteiger charge is -2.25. The van der Waals surface area contributed by atoms with Crippen LogP contribution in [0.25, 0.3) is 0 Å². The summed E-state index contributed by atoms with van der Waals surface area (Å²) in [5, 5.41) is 7.91. The van der Waals surface area contributed by atoms with Crippen LogP contribution in [0.2, 0.25) is 0 Å². The van der Waals surface area contributed by atoms with Gasteiger partial charge >= 0.3 is 0 Å². The summed E-state index contributed by atoms with van der Waals surface area (Å²) in [5.41, 5.74) is 2.90. The second kappa shape index (κ2) is 2.58. The van der Waals surface area contributed by atoms with E-state index in [4.69, 9.17) is 0 Å². The van der Waals surface area contributed by atoms with Crippen LogP contribution in [0.3, 0.4) is 0 Å². The average Bonchev–Trinajstić information content (AvgIpc) is 2.70. The Hall–Kier alpha value is -0.830. The number of aryl methyl sites for hydroxylation is 1. The van der Waals surface area contributed by atoms with E-state index in [2.05, 4.69) is 10.4 Å². The zero-order chi connectivity index (χ0) is 8.84. The van der Waals surface area contributed by atoms with Crippen molar-refractivity contribution in [2.24, 2.45) is 13.0 Å². The standard InChI is InChI=1S/C10H15N3/c1-13-9-3-2-7-4-5-11-10(7)8(9)6-12-13/h6-7,10-11H,2-5H2,1H3. The van der Waals surface area contributed by atoms with Gasteiger partial charge in [-0.25, -0.2) is 0 Å². The molecule has 1 saturated heterocycles. The lowest BCUT2D eigenvalue weighted by molar-refractivity contribution is 0.398. The van der Waals surface area contributed by atoms with Crippen LogP contribution in [0.5, 0.6) is 0 Å². The molecule has 2 unspecified atom stereocenters. The van der Waals surface area contributed by atoms with Crippen molar-refractivity contribution in [2.75, 3.05) is 6.54 Å². The van der Waals surface area contributed by atoms with Crippen molar-refractivity contribution in [3.8, 4) is 0 Å². The second-order valence-corrected chi connectivity index (χ2v) is 4.19. The number of fused-ring (bicyclic) bond motifs is 3. The van der Waals surface area contributed by atoms with Crippen molar-refractivity contribution in [3.05, 3.63) is 17.5 Å². The van der Waals surface area contributed by atoms with Gasteiger partial charge in [0.15, 0.2) is 0 Å². The highest BCUT2D eigenvalue weighted by atomic mass is 15.3. The van der Waals surface area contributed by atoms with E-state index < -0.39 is 0 Å². The van der Waals surface area contributed by atoms with E-state index in [1.807, 2.05) is 17.9 Å². The highest BCUT2D eigenvalue weighted by Crippen LogP contribution is 2.38. The topological polar surface area (TPSA) is 29.9 Å². The molecule has 2 heterocycles. The summed E-state index contributed by atoms with van der Waals surface area (Å²) in [6.07, 6.45) is 5.95. The number of rotatable bonds is 0. The van der Waals surface area contributed by atoms with Gasteiger partial charge in [-0.3, -0.25) is 4.68 Å². The predicted octanol–water partition coefficient (Wildman–Crippen LogP) is 1.02. The van der Waals surface area contributed by atoms with E-state index in [1.165, 1.54) is 37.1 Å². The van der Waals surface area contributed by atoms with Crippen molar-refractivity contribution in [1.82, 2.24) is 15.1 Å². The molecule has 3 rings (SSSR count). The third kappa shape index (κ3) is 0.967. The van der Waals surface area contributed by atoms with Gasteiger partial charge in [0.05, 0.1) is 6.20 Å². The first-order chi connectivity index (χ1) is 6.36. The number of hydrogen-bond donors (Lipinski definition) is 1. The molecule has 0 amide bonds. The molecule has 13 heavy (non-hydrogen) atoms. The normalized spacial score (nSPS) is 31.5. The smallest absolute Gasteiger partial charge is 0.0540 e. The largest absolute Gasteiger partial charge is 0.310 e. The Morgan fingerprint density at radius 2 is 2.46 bits per heavy atom. The highest BCUT2D eigenvalue weighted by molar-refractivity contribution is 5.27. The van der Waals surface area contributed by atoms with Gasteiger partial charge in [0, 0.05) is 24.3 Å². The molecule has 0 radical (unpaired) electrons. The zero-order valence-corrected chi connectivity index (χ0v) is 7.95. The second-order valence-electron chi connectivity index (χ2n) is 4.19. The van der Waals surface area contributed by atoms with Gasteiger partial charge in [-0.1, -0.05) is 0 Å². The van der Waals surface area contributed by atoms with Gasteiger partial charge < -0.3 is 5.32 Å². The number of nitrogens with zero attached hydrogens (tertiary/aromatic N) is 2. The molecule has 1 fully saturated rings. The summed E-state index contributed by atoms with van der Waals surface area (Å²) in [5.74, 6) is 0.872. The van der Waals surface area contributed by atoms with Crippen LogP contribution in [0.15, 0.2) is 6.20 Å². The summed E-state index contributed by atoms with van der Waals surface area (Å²) >= 11 is 0. The van der Waals surface area contributed by atoms with Crippen molar-refractivity contribution in [3.63, 3.8) is 0 Å². The summed E-state index contributed by atoms with van der Waals surface area (Å²) in [7, 11) is 2.05. The summed E-state index contributed by atoms with van der Waals surface area (Å²) in [6, 6.07) is 0.609. The maximum Gasteiger partial charge on any atom is 0.0540 e. The Morgan fingerprint density at radius 3 is 3.38 bits per heavy atom. The fraction of sp³-hybridized carbons (Fsp3) is 0.700. The van der Waals surface area contributed by atoms with E-state index in [1.54, 1.807) is 0 Å². The first kappa shape index (κ1) is 7.56. The Bertz CT molecular complexity index is 329. The number of hydrogen-bond acceptors (Lipinski definition) is 2. The molecule has 3 heteroatoms. The van der Waals surface area contributed by atoms with Gasteiger partial charge in [0.2, 0.25) is 0 Å². The third-order valence-corrected chi connectivity index (χ3v) is 3.53. The van der Waals surface area contributed by atoms with Crippen LogP contribution >= 0.6 is 0 Å². The molecule has 1 aliphatic carbocycles. The maximum absolute atomic E-state index is 4.34. The quantitative estimate of drug-likeness (QED) is 0.641. The zero-order valence-electron chi connectivity index (χ0n) is 7.95. The molecule has 1 aromatic rings. The van der Waals surface area contributed by atoms with Crippen molar-refractivity contribution in [2.45, 2.75) is 25.3 Å². The van der Waals surface area contributed by atoms with Crippen LogP contribution in [0.4, 0.5) is 0 Å². The fourth-order valence-corrected chi connectivity index (χ4v) is 2.80. The van der Waals surface area contributed by atoms with Gasteiger partial charge in [-0.2, -0.15) is 5.10 Å². The van der Waals surface area contributed by atoms with Crippen molar-refractivity contribution >= 4 is 0 Å². The van der Waals surface area contributed by atoms with Crippen LogP contribution in [0.1, 0.15) is 30.1 Å². The van der Waals surface area contributed by atoms with Crippen LogP contribution in [0, 0.1) is 5.92 Å². The molecule has 1 aliphatic heterocycles. The van der Waals surface area contributed by atoms with Gasteiger partial charge in [0.1, 0.15) is 0 Å². The van der Waals surface area contributed by atoms with Gasteiger partial charge in [0.25, 0.3) is 0 Å². The van der Waals surface area contributed by atoms with Crippen LogP contribution in [-0.2, 0) is 13.5 Å². The molecule has 1 aromatic heterocycles. The Kier molecular flexibility index (Phi) is 1.50. The van der Waals surface area contributed by atoms with E-state index >= 15 is 0 Å². The predicted molar refractivity (Wildman–Crippen MR) is 50.4 cm³/mol. The van der Waals surface area contributed by atoms with E-state index in [-0.39, 0.29) is 0 Å². The Morgan fingerprint density at radius 1 is 1.54 bits per heavy atom. The minimum atomic E-state index is 0.609. The molecule has 0 aromatic carbocycles. The summed E-state index contributed by atoms with van der Waals surface area (Å²) < 4.78 is 2.03. The maximum atomic E-state index is 4.34. The molecule has 1 N–H and O–H groups in total. The average molecular weight is 177 g/mol. The lowest BCUT2D eigenvalue weighted by atomic mass is 9.84. The molecule has 2 aliphatic rings. The van der Waals surface area contributed by atoms with Gasteiger partial charge in [-0.15, -0.1) is 0 Å². The van der Waals surface area contributed by atoms with Gasteiger partial charge in [-0.05, 0) is 31.7 Å². The molecular formula is C10H15N3. The molecule has 70 valence electrons. The van der Waals surface area contributed by atoms with E-state index in [0.29, 0.717) is 6.04 Å². The minimum absolute atomic E-state index is 0.609. The molecule has 3 nitrogen and oxygen atoms in total. The van der Waals surface area contributed by atoms with E-state index in [9.17, 15) is 0 Å². The SMILES string of the molecule is Cn1ncc2c1CCC1CCNC21. The van der Waals surface area contributed by atoms with E-state index in [0.717, 1.165) is 5.92 Å². The first-order valence-corrected chi connectivity index (χ1v) is 5.10. The first-order valence-electron chi connectivity index (χ1n) is 5.10. The Labute approximate surface area is 78.1 Å². The lowest BCUT2D eigenvalue weighted by Crippen LogP contribution is -2.23.